The van der Waals surface area contributed by atoms with E-state index in [9.17, 15) is 23.2 Å². The van der Waals surface area contributed by atoms with Crippen molar-refractivity contribution in [2.75, 3.05) is 19.0 Å². The van der Waals surface area contributed by atoms with Crippen LogP contribution < -0.4 is 21.3 Å². The van der Waals surface area contributed by atoms with Crippen LogP contribution in [0.15, 0.2) is 64.4 Å². The summed E-state index contributed by atoms with van der Waals surface area (Å²) in [5, 5.41) is 10.7. The molecule has 2 aromatic carbocycles. The molecule has 0 spiro atoms. The molecule has 234 valence electrons. The van der Waals surface area contributed by atoms with Gasteiger partial charge in [0.15, 0.2) is 40.4 Å². The minimum absolute atomic E-state index is 0.0936. The molecule has 5 rings (SSSR count). The molecule has 1 atom stereocenters. The number of ketones is 1. The van der Waals surface area contributed by atoms with Crippen molar-refractivity contribution in [1.29, 1.82) is 0 Å². The minimum atomic E-state index is -1.27. The number of methoxy groups -OCH3 is 1. The standard InChI is InChI=1S/C31H29F3N6O5/c1-16(2)39-14-20(30(42)40(31(39)43)19-6-7-21(32)22(33)13-19)24(41)12-18-5-8-25(23(34)11-18)45-26-9-10-35-28-27(26)29(38-37-28)36-17(3)15-44-4/h5-11,13-14,16-17H,12,15H2,1-4H3,(H2,35,36,37,38)/t17-/m0/s1. The summed E-state index contributed by atoms with van der Waals surface area (Å²) in [7, 11) is 1.58. The number of fused-ring (bicyclic) bond motifs is 1. The second kappa shape index (κ2) is 12.8. The number of H-pyrrole nitrogens is 1. The quantitative estimate of drug-likeness (QED) is 0.198. The number of halogens is 3. The van der Waals surface area contributed by atoms with Gasteiger partial charge in [0.1, 0.15) is 16.7 Å². The van der Waals surface area contributed by atoms with E-state index in [1.54, 1.807) is 27.0 Å². The molecule has 14 heteroatoms. The summed E-state index contributed by atoms with van der Waals surface area (Å²) in [6, 6.07) is 7.44. The molecule has 11 nitrogen and oxygen atoms in total. The number of nitrogens with one attached hydrogen (secondary N) is 2. The Labute approximate surface area is 254 Å². The Morgan fingerprint density at radius 3 is 2.47 bits per heavy atom. The van der Waals surface area contributed by atoms with Gasteiger partial charge in [-0.1, -0.05) is 6.07 Å². The molecule has 0 unspecified atom stereocenters. The first-order valence-corrected chi connectivity index (χ1v) is 13.9. The summed E-state index contributed by atoms with van der Waals surface area (Å²) < 4.78 is 55.6. The topological polar surface area (TPSA) is 133 Å². The second-order valence-electron chi connectivity index (χ2n) is 10.6. The molecule has 3 aromatic heterocycles. The first kappa shape index (κ1) is 31.2. The number of hydrogen-bond acceptors (Lipinski definition) is 8. The Hall–Kier alpha value is -5.24. The van der Waals surface area contributed by atoms with E-state index in [0.717, 1.165) is 29.0 Å². The van der Waals surface area contributed by atoms with E-state index < -0.39 is 46.9 Å². The third-order valence-corrected chi connectivity index (χ3v) is 6.94. The van der Waals surface area contributed by atoms with Crippen LogP contribution in [0.3, 0.4) is 0 Å². The van der Waals surface area contributed by atoms with E-state index in [1.165, 1.54) is 18.3 Å². The summed E-state index contributed by atoms with van der Waals surface area (Å²) in [4.78, 5) is 44.0. The van der Waals surface area contributed by atoms with Crippen molar-refractivity contribution >= 4 is 22.6 Å². The zero-order chi connectivity index (χ0) is 32.4. The van der Waals surface area contributed by atoms with Crippen LogP contribution in [0.4, 0.5) is 19.0 Å². The number of carbonyl (C=O) groups excluding carboxylic acids is 1. The summed E-state index contributed by atoms with van der Waals surface area (Å²) in [5.74, 6) is -3.34. The van der Waals surface area contributed by atoms with Gasteiger partial charge in [-0.25, -0.2) is 27.5 Å². The molecule has 45 heavy (non-hydrogen) atoms. The van der Waals surface area contributed by atoms with Gasteiger partial charge in [-0.15, -0.1) is 0 Å². The molecule has 0 aliphatic carbocycles. The normalized spacial score (nSPS) is 12.1. The first-order chi connectivity index (χ1) is 21.5. The molecule has 0 radical (unpaired) electrons. The lowest BCUT2D eigenvalue weighted by Crippen LogP contribution is -2.42. The molecule has 0 saturated heterocycles. The van der Waals surface area contributed by atoms with Crippen molar-refractivity contribution in [3.05, 3.63) is 104 Å². The van der Waals surface area contributed by atoms with Crippen LogP contribution in [0.1, 0.15) is 42.7 Å². The van der Waals surface area contributed by atoms with Crippen molar-refractivity contribution in [2.24, 2.45) is 0 Å². The number of rotatable bonds is 11. The molecular formula is C31H29F3N6O5. The highest BCUT2D eigenvalue weighted by Crippen LogP contribution is 2.34. The Morgan fingerprint density at radius 1 is 1.00 bits per heavy atom. The van der Waals surface area contributed by atoms with Crippen molar-refractivity contribution in [3.63, 3.8) is 0 Å². The Balaban J connectivity index is 1.44. The van der Waals surface area contributed by atoms with Gasteiger partial charge in [-0.3, -0.25) is 19.3 Å². The molecule has 0 saturated carbocycles. The average Bonchev–Trinajstić information content (AvgIpc) is 3.39. The predicted octanol–water partition coefficient (Wildman–Crippen LogP) is 4.93. The van der Waals surface area contributed by atoms with Gasteiger partial charge in [0.2, 0.25) is 0 Å². The van der Waals surface area contributed by atoms with Crippen molar-refractivity contribution in [1.82, 2.24) is 24.3 Å². The fraction of sp³-hybridized carbons (Fsp3) is 0.258. The summed E-state index contributed by atoms with van der Waals surface area (Å²) in [6.07, 6.45) is 2.21. The number of hydrogen-bond donors (Lipinski definition) is 2. The number of aromatic nitrogens is 5. The van der Waals surface area contributed by atoms with Gasteiger partial charge in [-0.2, -0.15) is 5.10 Å². The van der Waals surface area contributed by atoms with Crippen LogP contribution in [0.2, 0.25) is 0 Å². The van der Waals surface area contributed by atoms with Crippen LogP contribution >= 0.6 is 0 Å². The Bertz CT molecular complexity index is 2020. The Morgan fingerprint density at radius 2 is 1.78 bits per heavy atom. The van der Waals surface area contributed by atoms with E-state index in [-0.39, 0.29) is 34.4 Å². The van der Waals surface area contributed by atoms with Crippen LogP contribution in [-0.2, 0) is 11.2 Å². The van der Waals surface area contributed by atoms with Gasteiger partial charge in [-0.05, 0) is 50.6 Å². The lowest BCUT2D eigenvalue weighted by molar-refractivity contribution is 0.0990. The fourth-order valence-electron chi connectivity index (χ4n) is 4.76. The van der Waals surface area contributed by atoms with E-state index >= 15 is 4.39 Å². The molecule has 0 fully saturated rings. The number of carbonyl (C=O) groups is 1. The molecular weight excluding hydrogens is 593 g/mol. The predicted molar refractivity (Wildman–Crippen MR) is 160 cm³/mol. The van der Waals surface area contributed by atoms with Gasteiger partial charge < -0.3 is 14.8 Å². The third kappa shape index (κ3) is 6.36. The largest absolute Gasteiger partial charge is 0.453 e. The smallest absolute Gasteiger partial charge is 0.335 e. The third-order valence-electron chi connectivity index (χ3n) is 6.94. The number of pyridine rings is 1. The summed E-state index contributed by atoms with van der Waals surface area (Å²) >= 11 is 0. The van der Waals surface area contributed by atoms with E-state index in [0.29, 0.717) is 34.1 Å². The molecule has 2 N–H and O–H groups in total. The first-order valence-electron chi connectivity index (χ1n) is 13.9. The molecule has 0 bridgehead atoms. The average molecular weight is 623 g/mol. The lowest BCUT2D eigenvalue weighted by Gasteiger charge is -2.15. The van der Waals surface area contributed by atoms with Crippen LogP contribution in [0.25, 0.3) is 16.7 Å². The molecule has 0 aliphatic rings. The molecule has 0 aliphatic heterocycles. The number of anilines is 1. The molecule has 3 heterocycles. The summed E-state index contributed by atoms with van der Waals surface area (Å²) in [5.41, 5.74) is -1.83. The number of ether oxygens (including phenoxy) is 2. The van der Waals surface area contributed by atoms with Crippen LogP contribution in [0.5, 0.6) is 11.5 Å². The highest BCUT2D eigenvalue weighted by Gasteiger charge is 2.22. The van der Waals surface area contributed by atoms with E-state index in [1.807, 2.05) is 6.92 Å². The highest BCUT2D eigenvalue weighted by atomic mass is 19.2. The zero-order valence-corrected chi connectivity index (χ0v) is 24.7. The maximum atomic E-state index is 15.3. The number of Topliss-reactive ketones (excluding diaryl/α,β-unsaturated/α-hetero) is 1. The van der Waals surface area contributed by atoms with Crippen LogP contribution in [-0.4, -0.2) is 49.9 Å². The van der Waals surface area contributed by atoms with Crippen molar-refractivity contribution in [3.8, 4) is 17.2 Å². The van der Waals surface area contributed by atoms with Gasteiger partial charge >= 0.3 is 5.69 Å². The maximum Gasteiger partial charge on any atom is 0.335 e. The highest BCUT2D eigenvalue weighted by molar-refractivity contribution is 5.97. The maximum absolute atomic E-state index is 15.3. The van der Waals surface area contributed by atoms with Gasteiger partial charge in [0.05, 0.1) is 12.3 Å². The van der Waals surface area contributed by atoms with Crippen molar-refractivity contribution < 1.29 is 27.4 Å². The van der Waals surface area contributed by atoms with Gasteiger partial charge in [0, 0.05) is 50.1 Å². The Kier molecular flexibility index (Phi) is 8.86. The SMILES string of the molecule is COC[C@H](C)Nc1n[nH]c2nccc(Oc3ccc(CC(=O)c4cn(C(C)C)c(=O)n(-c5ccc(F)c(F)c5)c4=O)cc3F)c12. The van der Waals surface area contributed by atoms with Crippen molar-refractivity contribution in [2.45, 2.75) is 39.3 Å². The monoisotopic (exact) mass is 622 g/mol. The van der Waals surface area contributed by atoms with E-state index in [2.05, 4.69) is 20.5 Å². The number of nitrogens with zero attached hydrogens (tertiary/aromatic N) is 4. The van der Waals surface area contributed by atoms with Gasteiger partial charge in [0.25, 0.3) is 5.56 Å². The number of aromatic amines is 1. The fourth-order valence-corrected chi connectivity index (χ4v) is 4.76. The number of benzene rings is 2. The minimum Gasteiger partial charge on any atom is -0.453 e. The molecule has 0 amide bonds. The van der Waals surface area contributed by atoms with E-state index in [4.69, 9.17) is 9.47 Å². The van der Waals surface area contributed by atoms with Crippen LogP contribution in [0, 0.1) is 17.5 Å². The molecule has 5 aromatic rings. The lowest BCUT2D eigenvalue weighted by atomic mass is 10.0. The second-order valence-corrected chi connectivity index (χ2v) is 10.6. The summed E-state index contributed by atoms with van der Waals surface area (Å²) in [6.45, 7) is 5.62. The zero-order valence-electron chi connectivity index (χ0n) is 24.7.